The Labute approximate surface area is 180 Å². The van der Waals surface area contributed by atoms with Crippen molar-refractivity contribution < 1.29 is 65.7 Å². The molecule has 0 saturated heterocycles. The average Bonchev–Trinajstić information content (AvgIpc) is 2.98. The molecule has 0 aliphatic carbocycles. The van der Waals surface area contributed by atoms with Crippen LogP contribution in [0.5, 0.6) is 0 Å². The Kier molecular flexibility index (Phi) is 4.89. The second-order valence-electron chi connectivity index (χ2n) is 5.46. The van der Waals surface area contributed by atoms with Crippen LogP contribution in [-0.2, 0) is 0 Å². The van der Waals surface area contributed by atoms with Gasteiger partial charge in [0, 0.05) is 16.3 Å². The third-order valence-corrected chi connectivity index (χ3v) is 3.94. The molecule has 4 aromatic rings. The van der Waals surface area contributed by atoms with Gasteiger partial charge < -0.3 is 14.3 Å². The molecular formula is C19H12KNO3. The number of aryl methyl sites for hydroxylation is 1. The molecule has 4 rings (SSSR count). The van der Waals surface area contributed by atoms with Gasteiger partial charge in [0.25, 0.3) is 0 Å². The molecule has 0 aliphatic heterocycles. The van der Waals surface area contributed by atoms with E-state index in [0.717, 1.165) is 16.5 Å². The van der Waals surface area contributed by atoms with Crippen LogP contribution in [-0.4, -0.2) is 11.0 Å². The van der Waals surface area contributed by atoms with Gasteiger partial charge in [-0.25, -0.2) is 4.98 Å². The Morgan fingerprint density at radius 2 is 1.88 bits per heavy atom. The van der Waals surface area contributed by atoms with Crippen molar-refractivity contribution >= 4 is 27.8 Å². The molecule has 0 bridgehead atoms. The number of pyridine rings is 1. The van der Waals surface area contributed by atoms with E-state index in [2.05, 4.69) is 4.98 Å². The number of aromatic carboxylic acids is 1. The summed E-state index contributed by atoms with van der Waals surface area (Å²) < 4.78 is 5.80. The number of rotatable bonds is 2. The van der Waals surface area contributed by atoms with E-state index in [0.29, 0.717) is 22.4 Å². The van der Waals surface area contributed by atoms with Gasteiger partial charge in [-0.15, -0.1) is 0 Å². The third kappa shape index (κ3) is 2.94. The smallest absolute Gasteiger partial charge is 0.545 e. The van der Waals surface area contributed by atoms with Crippen molar-refractivity contribution in [3.8, 4) is 11.5 Å². The Hall–Kier alpha value is -1.50. The summed E-state index contributed by atoms with van der Waals surface area (Å²) in [7, 11) is 0. The van der Waals surface area contributed by atoms with Crippen molar-refractivity contribution in [2.24, 2.45) is 0 Å². The monoisotopic (exact) mass is 341 g/mol. The zero-order valence-corrected chi connectivity index (χ0v) is 16.5. The Balaban J connectivity index is 0.00000169. The van der Waals surface area contributed by atoms with Gasteiger partial charge in [0.15, 0.2) is 5.76 Å². The number of carboxylic acids is 1. The maximum absolute atomic E-state index is 11.5. The first kappa shape index (κ1) is 17.3. The zero-order chi connectivity index (χ0) is 16.0. The number of carbonyl (C=O) groups excluding carboxylic acids is 1. The van der Waals surface area contributed by atoms with Crippen molar-refractivity contribution in [2.45, 2.75) is 6.92 Å². The fourth-order valence-electron chi connectivity index (χ4n) is 2.80. The van der Waals surface area contributed by atoms with Crippen LogP contribution >= 0.6 is 0 Å². The molecule has 4 nitrogen and oxygen atoms in total. The topological polar surface area (TPSA) is 66.2 Å². The molecule has 24 heavy (non-hydrogen) atoms. The van der Waals surface area contributed by atoms with Gasteiger partial charge in [-0.3, -0.25) is 0 Å². The van der Waals surface area contributed by atoms with Gasteiger partial charge in [-0.05, 0) is 30.7 Å². The number of carboxylic acid groups (broad SMARTS) is 1. The van der Waals surface area contributed by atoms with Crippen LogP contribution in [0.4, 0.5) is 0 Å². The number of furan rings is 1. The van der Waals surface area contributed by atoms with Crippen LogP contribution in [0.2, 0.25) is 0 Å². The van der Waals surface area contributed by atoms with Gasteiger partial charge in [0.05, 0.1) is 11.5 Å². The molecule has 5 heteroatoms. The van der Waals surface area contributed by atoms with Crippen molar-refractivity contribution in [3.05, 3.63) is 65.7 Å². The molecule has 0 atom stereocenters. The summed E-state index contributed by atoms with van der Waals surface area (Å²) in [6.07, 6.45) is 0. The van der Waals surface area contributed by atoms with Crippen molar-refractivity contribution in [3.63, 3.8) is 0 Å². The molecule has 0 radical (unpaired) electrons. The first-order valence-corrected chi connectivity index (χ1v) is 7.24. The van der Waals surface area contributed by atoms with Gasteiger partial charge >= 0.3 is 51.4 Å². The third-order valence-electron chi connectivity index (χ3n) is 3.94. The van der Waals surface area contributed by atoms with E-state index < -0.39 is 5.97 Å². The van der Waals surface area contributed by atoms with Crippen LogP contribution in [0, 0.1) is 6.92 Å². The van der Waals surface area contributed by atoms with E-state index in [1.165, 1.54) is 6.07 Å². The summed E-state index contributed by atoms with van der Waals surface area (Å²) in [5, 5.41) is 13.0. The zero-order valence-electron chi connectivity index (χ0n) is 13.4. The first-order chi connectivity index (χ1) is 11.1. The number of hydrogen-bond donors (Lipinski definition) is 0. The second kappa shape index (κ2) is 6.78. The molecule has 0 amide bonds. The van der Waals surface area contributed by atoms with E-state index in [4.69, 9.17) is 4.42 Å². The number of fused-ring (bicyclic) bond motifs is 2. The molecule has 2 heterocycles. The molecule has 0 spiro atoms. The minimum Gasteiger partial charge on any atom is -0.545 e. The maximum Gasteiger partial charge on any atom is 1.00 e. The standard InChI is InChI=1S/C19H13NO3.K/c1-11-5-4-7-13-14(19(21)22)10-15(20-18(11)13)17-9-12-6-2-3-8-16(12)23-17;/h2-10H,1H3,(H,21,22);/q;+1/p-1. The summed E-state index contributed by atoms with van der Waals surface area (Å²) in [5.74, 6) is -0.681. The van der Waals surface area contributed by atoms with E-state index in [-0.39, 0.29) is 56.9 Å². The number of para-hydroxylation sites is 2. The maximum atomic E-state index is 11.5. The predicted octanol–water partition coefficient (Wildman–Crippen LogP) is 0.324. The number of carbonyl (C=O) groups is 1. The van der Waals surface area contributed by atoms with Crippen LogP contribution in [0.25, 0.3) is 33.3 Å². The van der Waals surface area contributed by atoms with Gasteiger partial charge in [-0.1, -0.05) is 36.4 Å². The van der Waals surface area contributed by atoms with E-state index in [1.807, 2.05) is 49.4 Å². The Bertz CT molecular complexity index is 1040. The van der Waals surface area contributed by atoms with Crippen molar-refractivity contribution in [1.29, 1.82) is 0 Å². The van der Waals surface area contributed by atoms with Crippen LogP contribution in [0.1, 0.15) is 15.9 Å². The van der Waals surface area contributed by atoms with E-state index in [1.54, 1.807) is 6.07 Å². The van der Waals surface area contributed by atoms with Crippen molar-refractivity contribution in [2.75, 3.05) is 0 Å². The fourth-order valence-corrected chi connectivity index (χ4v) is 2.80. The first-order valence-electron chi connectivity index (χ1n) is 7.24. The van der Waals surface area contributed by atoms with Crippen LogP contribution in [0.15, 0.2) is 59.0 Å². The summed E-state index contributed by atoms with van der Waals surface area (Å²) >= 11 is 0. The molecule has 0 saturated carbocycles. The second-order valence-corrected chi connectivity index (χ2v) is 5.46. The molecule has 112 valence electrons. The summed E-state index contributed by atoms with van der Waals surface area (Å²) in [4.78, 5) is 16.1. The number of benzene rings is 2. The fraction of sp³-hybridized carbons (Fsp3) is 0.0526. The largest absolute Gasteiger partial charge is 1.00 e. The van der Waals surface area contributed by atoms with E-state index >= 15 is 0 Å². The molecule has 2 aromatic heterocycles. The molecule has 0 aliphatic rings. The average molecular weight is 341 g/mol. The van der Waals surface area contributed by atoms with Crippen LogP contribution < -0.4 is 56.5 Å². The van der Waals surface area contributed by atoms with E-state index in [9.17, 15) is 9.90 Å². The van der Waals surface area contributed by atoms with Gasteiger partial charge in [-0.2, -0.15) is 0 Å². The molecular weight excluding hydrogens is 329 g/mol. The minimum absolute atomic E-state index is 0. The Morgan fingerprint density at radius 3 is 2.62 bits per heavy atom. The van der Waals surface area contributed by atoms with Crippen LogP contribution in [0.3, 0.4) is 0 Å². The molecule has 2 aromatic carbocycles. The molecule has 0 fully saturated rings. The normalized spacial score (nSPS) is 10.7. The molecule has 0 N–H and O–H groups in total. The molecule has 0 unspecified atom stereocenters. The predicted molar refractivity (Wildman–Crippen MR) is 86.0 cm³/mol. The van der Waals surface area contributed by atoms with Crippen molar-refractivity contribution in [1.82, 2.24) is 4.98 Å². The SMILES string of the molecule is Cc1cccc2c(C(=O)[O-])cc(-c3cc4ccccc4o3)nc12.[K+]. The number of aromatic nitrogens is 1. The summed E-state index contributed by atoms with van der Waals surface area (Å²) in [6.45, 7) is 1.90. The summed E-state index contributed by atoms with van der Waals surface area (Å²) in [6, 6.07) is 16.4. The van der Waals surface area contributed by atoms with Gasteiger partial charge in [0.2, 0.25) is 0 Å². The Morgan fingerprint density at radius 1 is 1.08 bits per heavy atom. The number of nitrogens with zero attached hydrogens (tertiary/aromatic N) is 1. The number of hydrogen-bond acceptors (Lipinski definition) is 4. The minimum atomic E-state index is -1.22. The summed E-state index contributed by atoms with van der Waals surface area (Å²) in [5.41, 5.74) is 2.90. The quantitative estimate of drug-likeness (QED) is 0.493. The van der Waals surface area contributed by atoms with Gasteiger partial charge in [0.1, 0.15) is 11.3 Å².